The van der Waals surface area contributed by atoms with E-state index in [2.05, 4.69) is 49.5 Å². The number of nitrogens with one attached hydrogen (secondary N) is 3. The Morgan fingerprint density at radius 3 is 2.71 bits per heavy atom. The van der Waals surface area contributed by atoms with Crippen LogP contribution in [0.3, 0.4) is 0 Å². The highest BCUT2D eigenvalue weighted by Gasteiger charge is 2.27. The summed E-state index contributed by atoms with van der Waals surface area (Å²) in [6.07, 6.45) is 6.30. The molecule has 1 saturated heterocycles. The number of aromatic nitrogens is 5. The summed E-state index contributed by atoms with van der Waals surface area (Å²) in [4.78, 5) is 30.6. The third kappa shape index (κ3) is 5.07. The number of nitrogens with zero attached hydrogens (tertiary/aromatic N) is 6. The van der Waals surface area contributed by atoms with Gasteiger partial charge in [-0.05, 0) is 32.0 Å². The first kappa shape index (κ1) is 25.7. The number of likely N-dealkylation sites (N-methyl/N-ethyl adjacent to an activating group) is 1. The van der Waals surface area contributed by atoms with Crippen molar-refractivity contribution in [3.63, 3.8) is 0 Å². The number of ether oxygens (including phenoxy) is 1. The monoisotopic (exact) mass is 517 g/mol. The summed E-state index contributed by atoms with van der Waals surface area (Å²) in [5.74, 6) is 0.928. The van der Waals surface area contributed by atoms with Crippen LogP contribution < -0.4 is 15.4 Å². The van der Waals surface area contributed by atoms with Crippen LogP contribution in [0.15, 0.2) is 36.8 Å². The van der Waals surface area contributed by atoms with Crippen molar-refractivity contribution >= 4 is 34.1 Å². The van der Waals surface area contributed by atoms with Gasteiger partial charge in [-0.25, -0.2) is 9.97 Å². The molecule has 1 amide bonds. The van der Waals surface area contributed by atoms with Crippen LogP contribution in [0.1, 0.15) is 18.9 Å². The average Bonchev–Trinajstić information content (AvgIpc) is 3.50. The van der Waals surface area contributed by atoms with Gasteiger partial charge in [0.05, 0.1) is 36.2 Å². The van der Waals surface area contributed by atoms with Crippen LogP contribution in [0.25, 0.3) is 22.2 Å². The number of carbonyl (C=O) groups is 1. The van der Waals surface area contributed by atoms with Gasteiger partial charge < -0.3 is 25.3 Å². The minimum absolute atomic E-state index is 0.0239. The molecule has 4 heterocycles. The molecule has 1 aliphatic rings. The highest BCUT2D eigenvalue weighted by atomic mass is 16.5. The van der Waals surface area contributed by atoms with E-state index in [9.17, 15) is 4.79 Å². The normalized spacial score (nSPS) is 15.5. The molecule has 3 aromatic heterocycles. The highest BCUT2D eigenvalue weighted by molar-refractivity contribution is 6.06. The van der Waals surface area contributed by atoms with E-state index in [1.54, 1.807) is 18.0 Å². The molecule has 11 nitrogen and oxygen atoms in total. The minimum atomic E-state index is -0.157. The molecular weight excluding hydrogens is 482 g/mol. The zero-order valence-electron chi connectivity index (χ0n) is 22.6. The summed E-state index contributed by atoms with van der Waals surface area (Å²) in [6.45, 7) is 7.79. The number of benzene rings is 1. The van der Waals surface area contributed by atoms with Crippen molar-refractivity contribution in [3.8, 4) is 17.1 Å². The van der Waals surface area contributed by atoms with Gasteiger partial charge in [0.25, 0.3) is 5.88 Å². The molecule has 38 heavy (non-hydrogen) atoms. The molecule has 5 rings (SSSR count). The molecule has 0 aliphatic carbocycles. The molecule has 3 N–H and O–H groups in total. The molecule has 1 aliphatic heterocycles. The van der Waals surface area contributed by atoms with E-state index in [4.69, 9.17) is 9.72 Å². The third-order valence-electron chi connectivity index (χ3n) is 7.10. The first-order valence-corrected chi connectivity index (χ1v) is 12.9. The number of piperazine rings is 1. The smallest absolute Gasteiger partial charge is 0.256 e. The molecule has 11 heteroatoms. The number of hydrogen-bond donors (Lipinski definition) is 3. The van der Waals surface area contributed by atoms with Crippen LogP contribution in [0, 0.1) is 6.92 Å². The Balaban J connectivity index is 1.41. The van der Waals surface area contributed by atoms with Crippen molar-refractivity contribution in [2.45, 2.75) is 26.3 Å². The molecule has 1 aromatic carbocycles. The van der Waals surface area contributed by atoms with Crippen molar-refractivity contribution in [2.24, 2.45) is 7.05 Å². The summed E-state index contributed by atoms with van der Waals surface area (Å²) < 4.78 is 7.01. The van der Waals surface area contributed by atoms with E-state index < -0.39 is 0 Å². The maximum absolute atomic E-state index is 13.3. The number of H-pyrrole nitrogens is 1. The molecule has 0 bridgehead atoms. The number of methoxy groups -OCH3 is 1. The summed E-state index contributed by atoms with van der Waals surface area (Å²) in [5.41, 5.74) is 4.97. The Morgan fingerprint density at radius 2 is 1.97 bits per heavy atom. The Bertz CT molecular complexity index is 1440. The number of fused-ring (bicyclic) bond motifs is 1. The lowest BCUT2D eigenvalue weighted by Crippen LogP contribution is -2.52. The van der Waals surface area contributed by atoms with Crippen molar-refractivity contribution in [1.29, 1.82) is 0 Å². The Morgan fingerprint density at radius 1 is 1.18 bits per heavy atom. The third-order valence-corrected chi connectivity index (χ3v) is 7.10. The molecular formula is C27H35N9O2. The van der Waals surface area contributed by atoms with Gasteiger partial charge in [-0.2, -0.15) is 0 Å². The molecule has 0 unspecified atom stereocenters. The van der Waals surface area contributed by atoms with Crippen LogP contribution in [-0.2, 0) is 11.8 Å². The number of aromatic amines is 1. The minimum Gasteiger partial charge on any atom is -0.478 e. The number of aryl methyl sites for hydroxylation is 2. The van der Waals surface area contributed by atoms with Gasteiger partial charge in [-0.1, -0.05) is 19.1 Å². The first-order valence-electron chi connectivity index (χ1n) is 12.9. The van der Waals surface area contributed by atoms with E-state index in [-0.39, 0.29) is 11.9 Å². The number of carbonyl (C=O) groups excluding carboxylic acids is 1. The van der Waals surface area contributed by atoms with E-state index >= 15 is 0 Å². The summed E-state index contributed by atoms with van der Waals surface area (Å²) in [5, 5.41) is 11.6. The molecule has 0 radical (unpaired) electrons. The summed E-state index contributed by atoms with van der Waals surface area (Å²) in [6, 6.07) is 5.78. The van der Waals surface area contributed by atoms with Crippen LogP contribution in [0.2, 0.25) is 0 Å². The number of rotatable bonds is 8. The van der Waals surface area contributed by atoms with Crippen LogP contribution in [0.5, 0.6) is 5.88 Å². The maximum Gasteiger partial charge on any atom is 0.256 e. The lowest BCUT2D eigenvalue weighted by Gasteiger charge is -2.36. The average molecular weight is 518 g/mol. The van der Waals surface area contributed by atoms with E-state index in [1.807, 2.05) is 44.6 Å². The van der Waals surface area contributed by atoms with Gasteiger partial charge in [0.2, 0.25) is 11.9 Å². The van der Waals surface area contributed by atoms with Crippen molar-refractivity contribution in [3.05, 3.63) is 42.4 Å². The van der Waals surface area contributed by atoms with Gasteiger partial charge in [0, 0.05) is 56.6 Å². The van der Waals surface area contributed by atoms with Crippen LogP contribution >= 0.6 is 0 Å². The first-order chi connectivity index (χ1) is 18.4. The van der Waals surface area contributed by atoms with Crippen molar-refractivity contribution in [1.82, 2.24) is 34.5 Å². The molecule has 1 fully saturated rings. The number of para-hydroxylation sites is 1. The standard InChI is InChI=1S/C27H35N9O2/c1-6-22(36-12-10-34(3)11-13-36)25(37)30-20-9-7-8-18-19(15-28-24(18)20)23-17(2)14-29-27(32-23)31-21-16-35(4)33-26(21)38-5/h7-9,14-16,22,28H,6,10-13H2,1-5H3,(H,30,37)(H,29,31,32)/t22-/m1/s1. The van der Waals surface area contributed by atoms with Gasteiger partial charge in [-0.15, -0.1) is 5.10 Å². The SMILES string of the molecule is CC[C@H](C(=O)Nc1cccc2c(-c3nc(Nc4cn(C)nc4OC)ncc3C)c[nH]c12)N1CCN(C)CC1. The van der Waals surface area contributed by atoms with Crippen LogP contribution in [-0.4, -0.2) is 86.8 Å². The zero-order valence-corrected chi connectivity index (χ0v) is 22.6. The van der Waals surface area contributed by atoms with Gasteiger partial charge in [0.1, 0.15) is 5.69 Å². The second-order valence-electron chi connectivity index (χ2n) is 9.76. The zero-order chi connectivity index (χ0) is 26.8. The Hall–Kier alpha value is -3.96. The topological polar surface area (TPSA) is 116 Å². The summed E-state index contributed by atoms with van der Waals surface area (Å²) >= 11 is 0. The van der Waals surface area contributed by atoms with Gasteiger partial charge in [-0.3, -0.25) is 14.4 Å². The second-order valence-corrected chi connectivity index (χ2v) is 9.76. The predicted octanol–water partition coefficient (Wildman–Crippen LogP) is 3.38. The van der Waals surface area contributed by atoms with E-state index in [0.717, 1.165) is 66.0 Å². The van der Waals surface area contributed by atoms with E-state index in [0.29, 0.717) is 17.5 Å². The Labute approximate surface area is 222 Å². The van der Waals surface area contributed by atoms with Gasteiger partial charge in [0.15, 0.2) is 0 Å². The number of hydrogen-bond acceptors (Lipinski definition) is 8. The van der Waals surface area contributed by atoms with Crippen molar-refractivity contribution < 1.29 is 9.53 Å². The number of amides is 1. The fourth-order valence-electron chi connectivity index (χ4n) is 5.01. The molecule has 1 atom stereocenters. The number of anilines is 3. The fourth-order valence-corrected chi connectivity index (χ4v) is 5.01. The molecule has 4 aromatic rings. The Kier molecular flexibility index (Phi) is 7.30. The molecule has 0 spiro atoms. The fraction of sp³-hybridized carbons (Fsp3) is 0.407. The molecule has 200 valence electrons. The summed E-state index contributed by atoms with van der Waals surface area (Å²) in [7, 11) is 5.52. The largest absolute Gasteiger partial charge is 0.478 e. The lowest BCUT2D eigenvalue weighted by molar-refractivity contribution is -0.122. The van der Waals surface area contributed by atoms with Crippen molar-refractivity contribution in [2.75, 3.05) is 51.0 Å². The predicted molar refractivity (Wildman–Crippen MR) is 149 cm³/mol. The lowest BCUT2D eigenvalue weighted by atomic mass is 10.1. The highest BCUT2D eigenvalue weighted by Crippen LogP contribution is 2.34. The van der Waals surface area contributed by atoms with Crippen LogP contribution in [0.4, 0.5) is 17.3 Å². The maximum atomic E-state index is 13.3. The second kappa shape index (κ2) is 10.8. The van der Waals surface area contributed by atoms with Gasteiger partial charge >= 0.3 is 0 Å². The molecule has 0 saturated carbocycles. The van der Waals surface area contributed by atoms with E-state index in [1.165, 1.54) is 0 Å². The quantitative estimate of drug-likeness (QED) is 0.326.